The normalized spacial score (nSPS) is 11.6. The highest BCUT2D eigenvalue weighted by atomic mass is 19.4. The van der Waals surface area contributed by atoms with Crippen LogP contribution in [0.3, 0.4) is 0 Å². The third-order valence-electron chi connectivity index (χ3n) is 2.91. The van der Waals surface area contributed by atoms with Crippen molar-refractivity contribution in [3.63, 3.8) is 0 Å². The summed E-state index contributed by atoms with van der Waals surface area (Å²) in [5.41, 5.74) is -0.550. The summed E-state index contributed by atoms with van der Waals surface area (Å²) in [6.45, 7) is 0. The van der Waals surface area contributed by atoms with E-state index in [0.717, 1.165) is 12.4 Å². The number of anilines is 2. The van der Waals surface area contributed by atoms with Gasteiger partial charge in [0.1, 0.15) is 17.9 Å². The van der Waals surface area contributed by atoms with Crippen molar-refractivity contribution < 1.29 is 17.9 Å². The molecule has 22 heavy (non-hydrogen) atoms. The second kappa shape index (κ2) is 5.17. The van der Waals surface area contributed by atoms with E-state index in [1.54, 1.807) is 24.3 Å². The molecule has 0 radical (unpaired) electrons. The second-order valence-corrected chi connectivity index (χ2v) is 4.32. The summed E-state index contributed by atoms with van der Waals surface area (Å²) < 4.78 is 45.1. The molecule has 2 aromatic heterocycles. The maximum atomic E-state index is 12.9. The molecule has 0 saturated heterocycles. The Hall–Kier alpha value is -2.84. The lowest BCUT2D eigenvalue weighted by Gasteiger charge is -2.13. The number of aromatic nitrogens is 4. The van der Waals surface area contributed by atoms with Gasteiger partial charge in [-0.25, -0.2) is 4.98 Å². The Kier molecular flexibility index (Phi) is 3.32. The number of benzene rings is 1. The summed E-state index contributed by atoms with van der Waals surface area (Å²) in [7, 11) is 1.47. The molecule has 9 heteroatoms. The van der Waals surface area contributed by atoms with E-state index in [-0.39, 0.29) is 11.6 Å². The maximum Gasteiger partial charge on any atom is 0.433 e. The van der Waals surface area contributed by atoms with Crippen LogP contribution in [-0.4, -0.2) is 26.7 Å². The van der Waals surface area contributed by atoms with Crippen LogP contribution >= 0.6 is 0 Å². The lowest BCUT2D eigenvalue weighted by molar-refractivity contribution is -0.141. The van der Waals surface area contributed by atoms with Gasteiger partial charge in [-0.05, 0) is 12.1 Å². The quantitative estimate of drug-likeness (QED) is 0.806. The summed E-state index contributed by atoms with van der Waals surface area (Å²) in [6.07, 6.45) is -3.44. The highest BCUT2D eigenvalue weighted by Gasteiger charge is 2.34. The van der Waals surface area contributed by atoms with E-state index in [9.17, 15) is 13.2 Å². The van der Waals surface area contributed by atoms with Crippen molar-refractivity contribution in [1.29, 1.82) is 0 Å². The molecule has 0 fully saturated rings. The van der Waals surface area contributed by atoms with Gasteiger partial charge in [-0.3, -0.25) is 0 Å². The summed E-state index contributed by atoms with van der Waals surface area (Å²) in [6, 6.07) is 7.72. The molecule has 2 heterocycles. The Morgan fingerprint density at radius 3 is 2.73 bits per heavy atom. The van der Waals surface area contributed by atoms with Gasteiger partial charge < -0.3 is 10.1 Å². The number of nitrogens with zero attached hydrogens (tertiary/aromatic N) is 4. The standard InChI is InChI=1S/C13H10F3N5O/c1-22-9-5-3-2-4-8(9)19-11-6-10(13(14,15)16)20-12-17-7-18-21(11)12/h2-7,19H,1H3. The molecule has 1 N–H and O–H groups in total. The fourth-order valence-electron chi connectivity index (χ4n) is 1.93. The molecule has 0 aliphatic heterocycles. The number of nitrogens with one attached hydrogen (secondary N) is 1. The van der Waals surface area contributed by atoms with Crippen LogP contribution in [0, 0.1) is 0 Å². The molecule has 3 aromatic rings. The third-order valence-corrected chi connectivity index (χ3v) is 2.91. The van der Waals surface area contributed by atoms with E-state index in [0.29, 0.717) is 11.4 Å². The van der Waals surface area contributed by atoms with Gasteiger partial charge in [0, 0.05) is 6.07 Å². The lowest BCUT2D eigenvalue weighted by Crippen LogP contribution is -2.12. The van der Waals surface area contributed by atoms with E-state index in [2.05, 4.69) is 20.4 Å². The Morgan fingerprint density at radius 1 is 1.23 bits per heavy atom. The Bertz CT molecular complexity index is 815. The van der Waals surface area contributed by atoms with E-state index in [1.807, 2.05) is 0 Å². The molecule has 1 aromatic carbocycles. The number of ether oxygens (including phenoxy) is 1. The number of fused-ring (bicyclic) bond motifs is 1. The molecular formula is C13H10F3N5O. The molecule has 6 nitrogen and oxygen atoms in total. The van der Waals surface area contributed by atoms with Crippen LogP contribution in [0.4, 0.5) is 24.7 Å². The third kappa shape index (κ3) is 2.52. The second-order valence-electron chi connectivity index (χ2n) is 4.32. The minimum absolute atomic E-state index is 0.0827. The van der Waals surface area contributed by atoms with E-state index in [4.69, 9.17) is 4.74 Å². The fraction of sp³-hybridized carbons (Fsp3) is 0.154. The highest BCUT2D eigenvalue weighted by Crippen LogP contribution is 2.32. The van der Waals surface area contributed by atoms with E-state index < -0.39 is 11.9 Å². The Balaban J connectivity index is 2.11. The molecule has 0 saturated carbocycles. The van der Waals surface area contributed by atoms with Gasteiger partial charge in [-0.2, -0.15) is 27.8 Å². The predicted molar refractivity (Wildman–Crippen MR) is 72.1 cm³/mol. The number of hydrogen-bond donors (Lipinski definition) is 1. The molecule has 3 rings (SSSR count). The maximum absolute atomic E-state index is 12.9. The molecule has 0 unspecified atom stereocenters. The number of methoxy groups -OCH3 is 1. The summed E-state index contributed by atoms with van der Waals surface area (Å²) >= 11 is 0. The van der Waals surface area contributed by atoms with Gasteiger partial charge >= 0.3 is 6.18 Å². The van der Waals surface area contributed by atoms with Gasteiger partial charge in [0.05, 0.1) is 12.8 Å². The van der Waals surface area contributed by atoms with Crippen molar-refractivity contribution >= 4 is 17.3 Å². The molecule has 0 spiro atoms. The molecule has 0 bridgehead atoms. The van der Waals surface area contributed by atoms with Crippen molar-refractivity contribution in [1.82, 2.24) is 19.6 Å². The van der Waals surface area contributed by atoms with Crippen LogP contribution in [0.2, 0.25) is 0 Å². The summed E-state index contributed by atoms with van der Waals surface area (Å²) in [5, 5.41) is 6.73. The largest absolute Gasteiger partial charge is 0.495 e. The van der Waals surface area contributed by atoms with Crippen LogP contribution in [0.25, 0.3) is 5.78 Å². The molecule has 0 aliphatic carbocycles. The minimum Gasteiger partial charge on any atom is -0.495 e. The fourth-order valence-corrected chi connectivity index (χ4v) is 1.93. The molecule has 0 aliphatic rings. The van der Waals surface area contributed by atoms with Crippen molar-refractivity contribution in [3.05, 3.63) is 42.4 Å². The first-order valence-electron chi connectivity index (χ1n) is 6.17. The Morgan fingerprint density at radius 2 is 2.00 bits per heavy atom. The zero-order chi connectivity index (χ0) is 15.7. The molecule has 114 valence electrons. The van der Waals surface area contributed by atoms with Crippen LogP contribution in [0.5, 0.6) is 5.75 Å². The van der Waals surface area contributed by atoms with Gasteiger partial charge in [-0.15, -0.1) is 0 Å². The Labute approximate surface area is 122 Å². The van der Waals surface area contributed by atoms with Crippen LogP contribution in [0.1, 0.15) is 5.69 Å². The first kappa shape index (κ1) is 14.1. The summed E-state index contributed by atoms with van der Waals surface area (Å²) in [5.74, 6) is 0.424. The number of halogens is 3. The average molecular weight is 309 g/mol. The van der Waals surface area contributed by atoms with Crippen LogP contribution < -0.4 is 10.1 Å². The molecule has 0 atom stereocenters. The van der Waals surface area contributed by atoms with Gasteiger partial charge in [0.2, 0.25) is 0 Å². The number of hydrogen-bond acceptors (Lipinski definition) is 5. The van der Waals surface area contributed by atoms with Gasteiger partial charge in [0.15, 0.2) is 5.69 Å². The van der Waals surface area contributed by atoms with E-state index in [1.165, 1.54) is 11.6 Å². The average Bonchev–Trinajstić information content (AvgIpc) is 2.95. The number of rotatable bonds is 3. The first-order chi connectivity index (χ1) is 10.5. The monoisotopic (exact) mass is 309 g/mol. The number of alkyl halides is 3. The van der Waals surface area contributed by atoms with Crippen molar-refractivity contribution in [3.8, 4) is 5.75 Å². The first-order valence-corrected chi connectivity index (χ1v) is 6.17. The van der Waals surface area contributed by atoms with Crippen molar-refractivity contribution in [2.75, 3.05) is 12.4 Å². The summed E-state index contributed by atoms with van der Waals surface area (Å²) in [4.78, 5) is 7.15. The van der Waals surface area contributed by atoms with Crippen LogP contribution in [-0.2, 0) is 6.18 Å². The minimum atomic E-state index is -4.58. The molecular weight excluding hydrogens is 299 g/mol. The zero-order valence-corrected chi connectivity index (χ0v) is 11.3. The van der Waals surface area contributed by atoms with Crippen molar-refractivity contribution in [2.24, 2.45) is 0 Å². The SMILES string of the molecule is COc1ccccc1Nc1cc(C(F)(F)F)nc2ncnn12. The van der Waals surface area contributed by atoms with E-state index >= 15 is 0 Å². The number of para-hydroxylation sites is 2. The van der Waals surface area contributed by atoms with Gasteiger partial charge in [-0.1, -0.05) is 12.1 Å². The molecule has 0 amide bonds. The highest BCUT2D eigenvalue weighted by molar-refractivity contribution is 5.65. The predicted octanol–water partition coefficient (Wildman–Crippen LogP) is 2.90. The topological polar surface area (TPSA) is 64.3 Å². The smallest absolute Gasteiger partial charge is 0.433 e. The lowest BCUT2D eigenvalue weighted by atomic mass is 10.3. The van der Waals surface area contributed by atoms with Gasteiger partial charge in [0.25, 0.3) is 5.78 Å². The van der Waals surface area contributed by atoms with Crippen LogP contribution in [0.15, 0.2) is 36.7 Å². The van der Waals surface area contributed by atoms with Crippen molar-refractivity contribution in [2.45, 2.75) is 6.18 Å². The zero-order valence-electron chi connectivity index (χ0n) is 11.3.